The van der Waals surface area contributed by atoms with E-state index in [1.54, 1.807) is 7.11 Å². The number of benzene rings is 1. The van der Waals surface area contributed by atoms with Crippen molar-refractivity contribution in [3.63, 3.8) is 0 Å². The maximum absolute atomic E-state index is 12.2. The Bertz CT molecular complexity index is 607. The van der Waals surface area contributed by atoms with Gasteiger partial charge < -0.3 is 15.0 Å². The first kappa shape index (κ1) is 17.5. The van der Waals surface area contributed by atoms with Gasteiger partial charge in [-0.15, -0.1) is 0 Å². The number of hydrogen-bond acceptors (Lipinski definition) is 5. The third-order valence-electron chi connectivity index (χ3n) is 4.83. The van der Waals surface area contributed by atoms with Gasteiger partial charge in [-0.05, 0) is 44.0 Å². The molecule has 1 saturated carbocycles. The number of urea groups is 1. The highest BCUT2D eigenvalue weighted by Crippen LogP contribution is 2.21. The van der Waals surface area contributed by atoms with E-state index < -0.39 is 0 Å². The summed E-state index contributed by atoms with van der Waals surface area (Å²) in [5, 5.41) is 5.22. The molecule has 1 aromatic rings. The van der Waals surface area contributed by atoms with Crippen molar-refractivity contribution in [1.29, 1.82) is 0 Å². The van der Waals surface area contributed by atoms with Crippen molar-refractivity contribution in [2.75, 3.05) is 38.2 Å². The van der Waals surface area contributed by atoms with Crippen LogP contribution in [0.25, 0.3) is 0 Å². The van der Waals surface area contributed by atoms with Gasteiger partial charge >= 0.3 is 6.03 Å². The maximum Gasteiger partial charge on any atom is 0.321 e. The number of ether oxygens (including phenoxy) is 1. The quantitative estimate of drug-likeness (QED) is 0.838. The van der Waals surface area contributed by atoms with Gasteiger partial charge in [-0.3, -0.25) is 15.0 Å². The zero-order valence-electron chi connectivity index (χ0n) is 14.8. The Kier molecular flexibility index (Phi) is 5.43. The number of nitrogens with one attached hydrogen (secondary N) is 2. The average molecular weight is 346 g/mol. The van der Waals surface area contributed by atoms with E-state index in [0.29, 0.717) is 0 Å². The summed E-state index contributed by atoms with van der Waals surface area (Å²) in [5.74, 6) is 0.605. The molecule has 1 heterocycles. The Morgan fingerprint density at radius 1 is 1.12 bits per heavy atom. The van der Waals surface area contributed by atoms with E-state index in [0.717, 1.165) is 50.5 Å². The van der Waals surface area contributed by atoms with Crippen LogP contribution in [-0.2, 0) is 4.79 Å². The predicted molar refractivity (Wildman–Crippen MR) is 95.9 cm³/mol. The van der Waals surface area contributed by atoms with Crippen molar-refractivity contribution < 1.29 is 14.3 Å². The molecule has 1 atom stereocenters. The van der Waals surface area contributed by atoms with Gasteiger partial charge in [-0.1, -0.05) is 0 Å². The second-order valence-corrected chi connectivity index (χ2v) is 6.63. The fourth-order valence-electron chi connectivity index (χ4n) is 2.99. The Morgan fingerprint density at radius 3 is 2.32 bits per heavy atom. The highest BCUT2D eigenvalue weighted by atomic mass is 16.5. The molecule has 1 unspecified atom stereocenters. The van der Waals surface area contributed by atoms with Crippen molar-refractivity contribution in [3.05, 3.63) is 24.3 Å². The lowest BCUT2D eigenvalue weighted by molar-refractivity contribution is -0.124. The van der Waals surface area contributed by atoms with Crippen molar-refractivity contribution >= 4 is 17.6 Å². The maximum atomic E-state index is 12.2. The summed E-state index contributed by atoms with van der Waals surface area (Å²) in [4.78, 5) is 28.3. The number of rotatable bonds is 5. The second kappa shape index (κ2) is 7.74. The fourth-order valence-corrected chi connectivity index (χ4v) is 2.99. The largest absolute Gasteiger partial charge is 0.497 e. The lowest BCUT2D eigenvalue weighted by Gasteiger charge is -2.38. The SMILES string of the molecule is COc1ccc(N2CCN(C(C)C(=O)NC(=O)NC3CC3)CC2)cc1. The first-order chi connectivity index (χ1) is 12.1. The summed E-state index contributed by atoms with van der Waals surface area (Å²) in [7, 11) is 1.66. The first-order valence-corrected chi connectivity index (χ1v) is 8.81. The van der Waals surface area contributed by atoms with Gasteiger partial charge in [-0.2, -0.15) is 0 Å². The lowest BCUT2D eigenvalue weighted by atomic mass is 10.2. The van der Waals surface area contributed by atoms with Crippen LogP contribution in [0.15, 0.2) is 24.3 Å². The molecule has 0 bridgehead atoms. The van der Waals surface area contributed by atoms with Crippen LogP contribution in [0.3, 0.4) is 0 Å². The number of anilines is 1. The highest BCUT2D eigenvalue weighted by molar-refractivity contribution is 5.97. The van der Waals surface area contributed by atoms with E-state index >= 15 is 0 Å². The van der Waals surface area contributed by atoms with Gasteiger partial charge in [0, 0.05) is 37.9 Å². The van der Waals surface area contributed by atoms with Crippen LogP contribution < -0.4 is 20.3 Å². The zero-order valence-corrected chi connectivity index (χ0v) is 14.8. The van der Waals surface area contributed by atoms with E-state index in [1.165, 1.54) is 0 Å². The molecule has 2 fully saturated rings. The molecule has 3 rings (SSSR count). The molecule has 0 radical (unpaired) electrons. The monoisotopic (exact) mass is 346 g/mol. The van der Waals surface area contributed by atoms with Crippen molar-refractivity contribution in [2.24, 2.45) is 0 Å². The molecule has 1 saturated heterocycles. The Hall–Kier alpha value is -2.28. The van der Waals surface area contributed by atoms with E-state index in [-0.39, 0.29) is 24.0 Å². The second-order valence-electron chi connectivity index (χ2n) is 6.63. The van der Waals surface area contributed by atoms with E-state index in [4.69, 9.17) is 4.74 Å². The normalized spacial score (nSPS) is 19.2. The molecule has 7 nitrogen and oxygen atoms in total. The van der Waals surface area contributed by atoms with Gasteiger partial charge in [-0.25, -0.2) is 4.79 Å². The fraction of sp³-hybridized carbons (Fsp3) is 0.556. The number of piperazine rings is 1. The van der Waals surface area contributed by atoms with Crippen LogP contribution in [-0.4, -0.2) is 62.2 Å². The van der Waals surface area contributed by atoms with Crippen molar-refractivity contribution in [3.8, 4) is 5.75 Å². The smallest absolute Gasteiger partial charge is 0.321 e. The highest BCUT2D eigenvalue weighted by Gasteiger charge is 2.28. The number of methoxy groups -OCH3 is 1. The molecule has 3 amide bonds. The van der Waals surface area contributed by atoms with Crippen LogP contribution in [0.4, 0.5) is 10.5 Å². The minimum Gasteiger partial charge on any atom is -0.497 e. The Labute approximate surface area is 148 Å². The number of carbonyl (C=O) groups is 2. The minimum atomic E-state index is -0.379. The van der Waals surface area contributed by atoms with Gasteiger partial charge in [0.05, 0.1) is 13.2 Å². The first-order valence-electron chi connectivity index (χ1n) is 8.81. The molecular weight excluding hydrogens is 320 g/mol. The van der Waals surface area contributed by atoms with E-state index in [1.807, 2.05) is 31.2 Å². The number of carbonyl (C=O) groups excluding carboxylic acids is 2. The minimum absolute atomic E-state index is 0.240. The lowest BCUT2D eigenvalue weighted by Crippen LogP contribution is -2.55. The van der Waals surface area contributed by atoms with E-state index in [9.17, 15) is 9.59 Å². The molecule has 1 aromatic carbocycles. The van der Waals surface area contributed by atoms with Crippen LogP contribution in [0, 0.1) is 0 Å². The van der Waals surface area contributed by atoms with Gasteiger partial charge in [0.25, 0.3) is 0 Å². The van der Waals surface area contributed by atoms with Crippen LogP contribution in [0.2, 0.25) is 0 Å². The van der Waals surface area contributed by atoms with Gasteiger partial charge in [0.15, 0.2) is 0 Å². The summed E-state index contributed by atoms with van der Waals surface area (Å²) in [6.45, 7) is 5.11. The number of amides is 3. The standard InChI is InChI=1S/C18H26N4O3/c1-13(17(23)20-18(24)19-14-3-4-14)21-9-11-22(12-10-21)15-5-7-16(25-2)8-6-15/h5-8,13-14H,3-4,9-12H2,1-2H3,(H2,19,20,23,24). The predicted octanol–water partition coefficient (Wildman–Crippen LogP) is 1.19. The zero-order chi connectivity index (χ0) is 17.8. The summed E-state index contributed by atoms with van der Waals surface area (Å²) in [5.41, 5.74) is 1.15. The third-order valence-corrected chi connectivity index (χ3v) is 4.83. The summed E-state index contributed by atoms with van der Waals surface area (Å²) >= 11 is 0. The van der Waals surface area contributed by atoms with Crippen molar-refractivity contribution in [1.82, 2.24) is 15.5 Å². The third kappa shape index (κ3) is 4.63. The van der Waals surface area contributed by atoms with Gasteiger partial charge in [0.2, 0.25) is 5.91 Å². The molecular formula is C18H26N4O3. The molecule has 1 aliphatic heterocycles. The summed E-state index contributed by atoms with van der Waals surface area (Å²) in [6.07, 6.45) is 2.01. The molecule has 0 aromatic heterocycles. The molecule has 2 aliphatic rings. The Balaban J connectivity index is 1.46. The molecule has 136 valence electrons. The molecule has 2 N–H and O–H groups in total. The summed E-state index contributed by atoms with van der Waals surface area (Å²) in [6, 6.07) is 7.56. The number of nitrogens with zero attached hydrogens (tertiary/aromatic N) is 2. The van der Waals surface area contributed by atoms with Crippen LogP contribution in [0.5, 0.6) is 5.75 Å². The molecule has 7 heteroatoms. The Morgan fingerprint density at radius 2 is 1.76 bits per heavy atom. The number of imide groups is 1. The van der Waals surface area contributed by atoms with Crippen LogP contribution in [0.1, 0.15) is 19.8 Å². The summed E-state index contributed by atoms with van der Waals surface area (Å²) < 4.78 is 5.19. The molecule has 25 heavy (non-hydrogen) atoms. The average Bonchev–Trinajstić information content (AvgIpc) is 3.45. The van der Waals surface area contributed by atoms with Crippen molar-refractivity contribution in [2.45, 2.75) is 31.8 Å². The molecule has 0 spiro atoms. The van der Waals surface area contributed by atoms with E-state index in [2.05, 4.69) is 20.4 Å². The van der Waals surface area contributed by atoms with Crippen LogP contribution >= 0.6 is 0 Å². The van der Waals surface area contributed by atoms with Gasteiger partial charge in [0.1, 0.15) is 5.75 Å². The topological polar surface area (TPSA) is 73.9 Å². The molecule has 1 aliphatic carbocycles. The number of hydrogen-bond donors (Lipinski definition) is 2.